The predicted molar refractivity (Wildman–Crippen MR) is 66.9 cm³/mol. The van der Waals surface area contributed by atoms with Gasteiger partial charge in [-0.15, -0.1) is 5.10 Å². The molecule has 8 heteroatoms. The molecule has 7 nitrogen and oxygen atoms in total. The summed E-state index contributed by atoms with van der Waals surface area (Å²) in [6, 6.07) is 4.41. The second kappa shape index (κ2) is 5.41. The molecule has 2 rings (SSSR count). The van der Waals surface area contributed by atoms with Crippen molar-refractivity contribution in [1.82, 2.24) is 9.59 Å². The highest BCUT2D eigenvalue weighted by molar-refractivity contribution is 7.03. The number of nitro benzene ring substituents is 1. The molecule has 18 heavy (non-hydrogen) atoms. The third-order valence-corrected chi connectivity index (χ3v) is 2.81. The maximum absolute atomic E-state index is 10.6. The molecular formula is C10H10N4O3S. The van der Waals surface area contributed by atoms with E-state index in [1.807, 2.05) is 5.38 Å². The van der Waals surface area contributed by atoms with Crippen LogP contribution in [0.4, 0.5) is 11.4 Å². The van der Waals surface area contributed by atoms with Crippen molar-refractivity contribution in [2.75, 3.05) is 12.4 Å². The maximum Gasteiger partial charge on any atom is 0.273 e. The molecular weight excluding hydrogens is 256 g/mol. The molecule has 1 N–H and O–H groups in total. The van der Waals surface area contributed by atoms with Crippen LogP contribution in [0.2, 0.25) is 0 Å². The predicted octanol–water partition coefficient (Wildman–Crippen LogP) is 2.07. The van der Waals surface area contributed by atoms with Gasteiger partial charge < -0.3 is 10.1 Å². The molecule has 94 valence electrons. The van der Waals surface area contributed by atoms with E-state index in [4.69, 9.17) is 4.74 Å². The summed E-state index contributed by atoms with van der Waals surface area (Å²) in [4.78, 5) is 10.2. The van der Waals surface area contributed by atoms with E-state index in [0.29, 0.717) is 18.0 Å². The van der Waals surface area contributed by atoms with Crippen LogP contribution >= 0.6 is 11.5 Å². The smallest absolute Gasteiger partial charge is 0.273 e. The monoisotopic (exact) mass is 266 g/mol. The Hall–Kier alpha value is -2.22. The van der Waals surface area contributed by atoms with Crippen molar-refractivity contribution >= 4 is 22.9 Å². The standard InChI is InChI=1S/C10H10N4O3S/c1-17-10-4-8(14(15)16)2-3-9(10)11-5-7-6-18-13-12-7/h2-4,6,11H,5H2,1H3. The van der Waals surface area contributed by atoms with E-state index in [1.54, 1.807) is 6.07 Å². The van der Waals surface area contributed by atoms with E-state index in [0.717, 1.165) is 5.69 Å². The van der Waals surface area contributed by atoms with Crippen LogP contribution in [-0.4, -0.2) is 21.6 Å². The lowest BCUT2D eigenvalue weighted by molar-refractivity contribution is -0.384. The summed E-state index contributed by atoms with van der Waals surface area (Å²) in [6.45, 7) is 0.491. The van der Waals surface area contributed by atoms with E-state index in [-0.39, 0.29) is 5.69 Å². The van der Waals surface area contributed by atoms with E-state index >= 15 is 0 Å². The van der Waals surface area contributed by atoms with E-state index in [2.05, 4.69) is 14.9 Å². The molecule has 0 saturated heterocycles. The van der Waals surface area contributed by atoms with E-state index < -0.39 is 4.92 Å². The van der Waals surface area contributed by atoms with Crippen LogP contribution in [0.15, 0.2) is 23.6 Å². The number of non-ortho nitro benzene ring substituents is 1. The van der Waals surface area contributed by atoms with Gasteiger partial charge in [0.1, 0.15) is 5.75 Å². The molecule has 0 saturated carbocycles. The fourth-order valence-corrected chi connectivity index (χ4v) is 1.84. The van der Waals surface area contributed by atoms with Crippen molar-refractivity contribution in [2.45, 2.75) is 6.54 Å². The number of hydrogen-bond acceptors (Lipinski definition) is 7. The van der Waals surface area contributed by atoms with Crippen LogP contribution in [0.3, 0.4) is 0 Å². The molecule has 0 unspecified atom stereocenters. The zero-order chi connectivity index (χ0) is 13.0. The number of hydrogen-bond donors (Lipinski definition) is 1. The van der Waals surface area contributed by atoms with Gasteiger partial charge in [-0.05, 0) is 17.6 Å². The fourth-order valence-electron chi connectivity index (χ4n) is 1.39. The van der Waals surface area contributed by atoms with Crippen molar-refractivity contribution in [2.24, 2.45) is 0 Å². The number of benzene rings is 1. The van der Waals surface area contributed by atoms with E-state index in [9.17, 15) is 10.1 Å². The first-order valence-electron chi connectivity index (χ1n) is 5.03. The van der Waals surface area contributed by atoms with Crippen molar-refractivity contribution in [3.05, 3.63) is 39.4 Å². The number of methoxy groups -OCH3 is 1. The molecule has 0 aliphatic rings. The zero-order valence-corrected chi connectivity index (χ0v) is 10.3. The van der Waals surface area contributed by atoms with Gasteiger partial charge >= 0.3 is 0 Å². The minimum Gasteiger partial charge on any atom is -0.494 e. The number of nitrogens with one attached hydrogen (secondary N) is 1. The first-order chi connectivity index (χ1) is 8.70. The molecule has 0 radical (unpaired) electrons. The minimum atomic E-state index is -0.462. The lowest BCUT2D eigenvalue weighted by Crippen LogP contribution is -2.02. The summed E-state index contributed by atoms with van der Waals surface area (Å²) in [6.07, 6.45) is 0. The number of rotatable bonds is 5. The molecule has 0 aliphatic carbocycles. The molecule has 1 aromatic heterocycles. The highest BCUT2D eigenvalue weighted by atomic mass is 32.1. The minimum absolute atomic E-state index is 0.00674. The number of ether oxygens (including phenoxy) is 1. The fraction of sp³-hybridized carbons (Fsp3) is 0.200. The van der Waals surface area contributed by atoms with Gasteiger partial charge in [-0.3, -0.25) is 10.1 Å². The first kappa shape index (κ1) is 12.2. The van der Waals surface area contributed by atoms with Gasteiger partial charge in [-0.25, -0.2) is 0 Å². The Morgan fingerprint density at radius 2 is 2.39 bits per heavy atom. The first-order valence-corrected chi connectivity index (χ1v) is 5.86. The Balaban J connectivity index is 2.14. The molecule has 0 bridgehead atoms. The quantitative estimate of drug-likeness (QED) is 0.658. The average Bonchev–Trinajstić information content (AvgIpc) is 2.89. The summed E-state index contributed by atoms with van der Waals surface area (Å²) in [5, 5.41) is 19.4. The van der Waals surface area contributed by atoms with Crippen molar-refractivity contribution in [3.63, 3.8) is 0 Å². The summed E-state index contributed by atoms with van der Waals surface area (Å²) >= 11 is 1.27. The molecule has 0 amide bonds. The third kappa shape index (κ3) is 2.72. The topological polar surface area (TPSA) is 90.2 Å². The van der Waals surface area contributed by atoms with Crippen LogP contribution in [0, 0.1) is 10.1 Å². The number of nitrogens with zero attached hydrogens (tertiary/aromatic N) is 3. The lowest BCUT2D eigenvalue weighted by Gasteiger charge is -2.09. The summed E-state index contributed by atoms with van der Waals surface area (Å²) in [5.41, 5.74) is 1.48. The molecule has 1 aromatic carbocycles. The highest BCUT2D eigenvalue weighted by Crippen LogP contribution is 2.29. The third-order valence-electron chi connectivity index (χ3n) is 2.26. The van der Waals surface area contributed by atoms with Gasteiger partial charge in [0.15, 0.2) is 0 Å². The van der Waals surface area contributed by atoms with Gasteiger partial charge in [0, 0.05) is 11.4 Å². The van der Waals surface area contributed by atoms with Crippen LogP contribution in [-0.2, 0) is 6.54 Å². The highest BCUT2D eigenvalue weighted by Gasteiger charge is 2.11. The molecule has 2 aromatic rings. The second-order valence-corrected chi connectivity index (χ2v) is 4.00. The number of anilines is 1. The molecule has 0 spiro atoms. The van der Waals surface area contributed by atoms with Gasteiger partial charge in [0.25, 0.3) is 5.69 Å². The van der Waals surface area contributed by atoms with Gasteiger partial charge in [-0.1, -0.05) is 4.49 Å². The van der Waals surface area contributed by atoms with Gasteiger partial charge in [-0.2, -0.15) is 0 Å². The summed E-state index contributed by atoms with van der Waals surface area (Å²) < 4.78 is 8.85. The maximum atomic E-state index is 10.6. The summed E-state index contributed by atoms with van der Waals surface area (Å²) in [7, 11) is 1.47. The lowest BCUT2D eigenvalue weighted by atomic mass is 10.2. The number of aromatic nitrogens is 2. The summed E-state index contributed by atoms with van der Waals surface area (Å²) in [5.74, 6) is 0.424. The largest absolute Gasteiger partial charge is 0.494 e. The van der Waals surface area contributed by atoms with Crippen LogP contribution < -0.4 is 10.1 Å². The van der Waals surface area contributed by atoms with Crippen LogP contribution in [0.1, 0.15) is 5.69 Å². The Bertz CT molecular complexity index is 544. The van der Waals surface area contributed by atoms with Crippen LogP contribution in [0.25, 0.3) is 0 Å². The molecule has 0 aliphatic heterocycles. The normalized spacial score (nSPS) is 10.1. The Labute approximate surface area is 107 Å². The Morgan fingerprint density at radius 1 is 1.56 bits per heavy atom. The molecule has 0 fully saturated rings. The second-order valence-electron chi connectivity index (χ2n) is 3.39. The van der Waals surface area contributed by atoms with Gasteiger partial charge in [0.2, 0.25) is 0 Å². The van der Waals surface area contributed by atoms with Crippen molar-refractivity contribution in [1.29, 1.82) is 0 Å². The Kier molecular flexibility index (Phi) is 3.68. The zero-order valence-electron chi connectivity index (χ0n) is 9.49. The van der Waals surface area contributed by atoms with Gasteiger partial charge in [0.05, 0.1) is 36.0 Å². The number of nitro groups is 1. The van der Waals surface area contributed by atoms with E-state index in [1.165, 1.54) is 30.8 Å². The Morgan fingerprint density at radius 3 is 3.00 bits per heavy atom. The van der Waals surface area contributed by atoms with Crippen molar-refractivity contribution < 1.29 is 9.66 Å². The molecule has 1 heterocycles. The average molecular weight is 266 g/mol. The van der Waals surface area contributed by atoms with Crippen LogP contribution in [0.5, 0.6) is 5.75 Å². The SMILES string of the molecule is COc1cc([N+](=O)[O-])ccc1NCc1csnn1. The molecule has 0 atom stereocenters. The van der Waals surface area contributed by atoms with Crippen molar-refractivity contribution in [3.8, 4) is 5.75 Å².